The number of aliphatic hydroxyl groups excluding tert-OH is 2. The third-order valence-electron chi connectivity index (χ3n) is 2.61. The lowest BCUT2D eigenvalue weighted by atomic mass is 10.00. The largest absolute Gasteiger partial charge is 0.469 e. The maximum atomic E-state index is 13.5. The highest BCUT2D eigenvalue weighted by atomic mass is 19.4. The van der Waals surface area contributed by atoms with Gasteiger partial charge >= 0.3 is 12.1 Å². The Hall–Kier alpha value is -1.67. The standard InChI is InChI=1S/C12H12F4O4/c1-20-10(18)5-9(17)11(19)7-3-2-6(4-8(7)13)12(14,15)16/h2-4,9,11,17,19H,5H2,1H3. The van der Waals surface area contributed by atoms with Crippen molar-refractivity contribution in [2.45, 2.75) is 24.8 Å². The number of esters is 1. The van der Waals surface area contributed by atoms with E-state index in [0.717, 1.165) is 7.11 Å². The molecule has 0 spiro atoms. The van der Waals surface area contributed by atoms with E-state index in [-0.39, 0.29) is 6.07 Å². The maximum Gasteiger partial charge on any atom is 0.416 e. The molecule has 0 aromatic heterocycles. The smallest absolute Gasteiger partial charge is 0.416 e. The molecule has 2 atom stereocenters. The monoisotopic (exact) mass is 296 g/mol. The summed E-state index contributed by atoms with van der Waals surface area (Å²) < 4.78 is 54.8. The maximum absolute atomic E-state index is 13.5. The zero-order chi connectivity index (χ0) is 15.5. The summed E-state index contributed by atoms with van der Waals surface area (Å²) in [5.74, 6) is -2.17. The normalized spacial score (nSPS) is 14.8. The second-order valence-corrected chi connectivity index (χ2v) is 4.03. The van der Waals surface area contributed by atoms with Gasteiger partial charge in [0.15, 0.2) is 0 Å². The highest BCUT2D eigenvalue weighted by Crippen LogP contribution is 2.32. The van der Waals surface area contributed by atoms with E-state index in [1.165, 1.54) is 0 Å². The number of aliphatic hydroxyl groups is 2. The lowest BCUT2D eigenvalue weighted by Crippen LogP contribution is -2.23. The van der Waals surface area contributed by atoms with E-state index in [2.05, 4.69) is 4.74 Å². The minimum atomic E-state index is -4.71. The predicted octanol–water partition coefficient (Wildman–Crippen LogP) is 1.80. The molecular formula is C12H12F4O4. The van der Waals surface area contributed by atoms with E-state index >= 15 is 0 Å². The Labute approximate surface area is 111 Å². The average molecular weight is 296 g/mol. The molecule has 0 saturated heterocycles. The second kappa shape index (κ2) is 6.19. The van der Waals surface area contributed by atoms with Crippen molar-refractivity contribution in [2.75, 3.05) is 7.11 Å². The van der Waals surface area contributed by atoms with E-state index in [1.54, 1.807) is 0 Å². The Bertz CT molecular complexity index is 487. The number of carbonyl (C=O) groups excluding carboxylic acids is 1. The first kappa shape index (κ1) is 16.4. The number of methoxy groups -OCH3 is 1. The van der Waals surface area contributed by atoms with Gasteiger partial charge < -0.3 is 14.9 Å². The Kier molecular flexibility index (Phi) is 5.07. The minimum absolute atomic E-state index is 0.212. The summed E-state index contributed by atoms with van der Waals surface area (Å²) in [6, 6.07) is 1.50. The second-order valence-electron chi connectivity index (χ2n) is 4.03. The highest BCUT2D eigenvalue weighted by Gasteiger charge is 2.32. The van der Waals surface area contributed by atoms with Gasteiger partial charge in [-0.1, -0.05) is 6.07 Å². The third kappa shape index (κ3) is 3.91. The first-order chi connectivity index (χ1) is 9.16. The SMILES string of the molecule is COC(=O)CC(O)C(O)c1ccc(C(F)(F)F)cc1F. The van der Waals surface area contributed by atoms with Gasteiger partial charge in [0.25, 0.3) is 0 Å². The Morgan fingerprint density at radius 2 is 1.95 bits per heavy atom. The van der Waals surface area contributed by atoms with Gasteiger partial charge in [-0.3, -0.25) is 4.79 Å². The van der Waals surface area contributed by atoms with Gasteiger partial charge in [0.1, 0.15) is 11.9 Å². The van der Waals surface area contributed by atoms with Crippen LogP contribution < -0.4 is 0 Å². The van der Waals surface area contributed by atoms with Crippen molar-refractivity contribution < 1.29 is 37.3 Å². The Morgan fingerprint density at radius 1 is 1.35 bits per heavy atom. The van der Waals surface area contributed by atoms with Crippen molar-refractivity contribution in [2.24, 2.45) is 0 Å². The fourth-order valence-corrected chi connectivity index (χ4v) is 1.52. The van der Waals surface area contributed by atoms with Crippen molar-refractivity contribution >= 4 is 5.97 Å². The Balaban J connectivity index is 2.94. The van der Waals surface area contributed by atoms with Crippen LogP contribution in [-0.2, 0) is 15.7 Å². The fourth-order valence-electron chi connectivity index (χ4n) is 1.52. The van der Waals surface area contributed by atoms with Gasteiger partial charge in [0, 0.05) is 5.56 Å². The molecule has 1 aromatic carbocycles. The predicted molar refractivity (Wildman–Crippen MR) is 59.0 cm³/mol. The van der Waals surface area contributed by atoms with Gasteiger partial charge in [0.05, 0.1) is 25.2 Å². The first-order valence-electron chi connectivity index (χ1n) is 5.46. The molecule has 112 valence electrons. The molecule has 0 aliphatic rings. The number of carbonyl (C=O) groups is 1. The molecule has 0 saturated carbocycles. The molecular weight excluding hydrogens is 284 g/mol. The molecule has 8 heteroatoms. The van der Waals surface area contributed by atoms with Crippen LogP contribution in [0.15, 0.2) is 18.2 Å². The van der Waals surface area contributed by atoms with Gasteiger partial charge in [-0.15, -0.1) is 0 Å². The number of halogens is 4. The minimum Gasteiger partial charge on any atom is -0.469 e. The number of ether oxygens (including phenoxy) is 1. The zero-order valence-corrected chi connectivity index (χ0v) is 10.3. The lowest BCUT2D eigenvalue weighted by molar-refractivity contribution is -0.144. The van der Waals surface area contributed by atoms with E-state index in [9.17, 15) is 32.6 Å². The first-order valence-corrected chi connectivity index (χ1v) is 5.46. The summed E-state index contributed by atoms with van der Waals surface area (Å²) in [5.41, 5.74) is -1.75. The Morgan fingerprint density at radius 3 is 2.40 bits per heavy atom. The molecule has 4 nitrogen and oxygen atoms in total. The van der Waals surface area contributed by atoms with Crippen molar-refractivity contribution in [3.8, 4) is 0 Å². The number of hydrogen-bond donors (Lipinski definition) is 2. The van der Waals surface area contributed by atoms with E-state index in [0.29, 0.717) is 12.1 Å². The molecule has 2 unspecified atom stereocenters. The molecule has 0 fully saturated rings. The molecule has 0 bridgehead atoms. The molecule has 0 radical (unpaired) electrons. The topological polar surface area (TPSA) is 66.8 Å². The van der Waals surface area contributed by atoms with Gasteiger partial charge in [0.2, 0.25) is 0 Å². The third-order valence-corrected chi connectivity index (χ3v) is 2.61. The van der Waals surface area contributed by atoms with Crippen LogP contribution in [0.25, 0.3) is 0 Å². The molecule has 0 amide bonds. The number of alkyl halides is 3. The van der Waals surface area contributed by atoms with Crippen LogP contribution >= 0.6 is 0 Å². The van der Waals surface area contributed by atoms with Crippen LogP contribution in [0, 0.1) is 5.82 Å². The van der Waals surface area contributed by atoms with Crippen LogP contribution in [0.2, 0.25) is 0 Å². The highest BCUT2D eigenvalue weighted by molar-refractivity contribution is 5.69. The van der Waals surface area contributed by atoms with Crippen LogP contribution in [0.3, 0.4) is 0 Å². The summed E-state index contributed by atoms with van der Waals surface area (Å²) in [6.45, 7) is 0. The molecule has 1 aromatic rings. The van der Waals surface area contributed by atoms with Gasteiger partial charge in [-0.2, -0.15) is 13.2 Å². The van der Waals surface area contributed by atoms with E-state index < -0.39 is 47.7 Å². The summed E-state index contributed by atoms with van der Waals surface area (Å²) in [4.78, 5) is 10.9. The van der Waals surface area contributed by atoms with Crippen LogP contribution in [0.5, 0.6) is 0 Å². The fraction of sp³-hybridized carbons (Fsp3) is 0.417. The van der Waals surface area contributed by atoms with Gasteiger partial charge in [-0.25, -0.2) is 4.39 Å². The molecule has 1 rings (SSSR count). The number of rotatable bonds is 4. The average Bonchev–Trinajstić information content (AvgIpc) is 2.36. The number of benzene rings is 1. The molecule has 0 heterocycles. The van der Waals surface area contributed by atoms with Crippen LogP contribution in [0.4, 0.5) is 17.6 Å². The summed E-state index contributed by atoms with van der Waals surface area (Å²) in [7, 11) is 1.06. The molecule has 0 aliphatic heterocycles. The van der Waals surface area contributed by atoms with Crippen LogP contribution in [0.1, 0.15) is 23.7 Å². The zero-order valence-electron chi connectivity index (χ0n) is 10.3. The van der Waals surface area contributed by atoms with Gasteiger partial charge in [-0.05, 0) is 12.1 Å². The van der Waals surface area contributed by atoms with E-state index in [4.69, 9.17) is 0 Å². The molecule has 20 heavy (non-hydrogen) atoms. The van der Waals surface area contributed by atoms with Crippen LogP contribution in [-0.4, -0.2) is 29.4 Å². The summed E-state index contributed by atoms with van der Waals surface area (Å²) in [5, 5.41) is 19.1. The quantitative estimate of drug-likeness (QED) is 0.657. The summed E-state index contributed by atoms with van der Waals surface area (Å²) >= 11 is 0. The molecule has 2 N–H and O–H groups in total. The van der Waals surface area contributed by atoms with E-state index in [1.807, 2.05) is 0 Å². The lowest BCUT2D eigenvalue weighted by Gasteiger charge is -2.18. The van der Waals surface area contributed by atoms with Crippen molar-refractivity contribution in [1.29, 1.82) is 0 Å². The van der Waals surface area contributed by atoms with Crippen molar-refractivity contribution in [3.63, 3.8) is 0 Å². The molecule has 0 aliphatic carbocycles. The summed E-state index contributed by atoms with van der Waals surface area (Å²) in [6.07, 6.45) is -8.85. The number of hydrogen-bond acceptors (Lipinski definition) is 4. The van der Waals surface area contributed by atoms with Crippen molar-refractivity contribution in [3.05, 3.63) is 35.1 Å². The van der Waals surface area contributed by atoms with Crippen molar-refractivity contribution in [1.82, 2.24) is 0 Å².